The summed E-state index contributed by atoms with van der Waals surface area (Å²) < 4.78 is 10.2. The molecule has 0 radical (unpaired) electrons. The average molecular weight is 387 g/mol. The van der Waals surface area contributed by atoms with Gasteiger partial charge in [-0.3, -0.25) is 24.5 Å². The number of likely N-dealkylation sites (tertiary alicyclic amines) is 1. The lowest BCUT2D eigenvalue weighted by Gasteiger charge is -2.14. The number of nitrogens with zero attached hydrogens (tertiary/aromatic N) is 2. The van der Waals surface area contributed by atoms with Crippen molar-refractivity contribution in [1.82, 2.24) is 4.90 Å². The van der Waals surface area contributed by atoms with Gasteiger partial charge in [-0.15, -0.1) is 0 Å². The zero-order valence-corrected chi connectivity index (χ0v) is 14.7. The number of furan rings is 1. The van der Waals surface area contributed by atoms with E-state index in [0.29, 0.717) is 11.4 Å². The smallest absolute Gasteiger partial charge is 0.311 e. The topological polar surface area (TPSA) is 132 Å². The first-order chi connectivity index (χ1) is 13.4. The van der Waals surface area contributed by atoms with E-state index < -0.39 is 29.3 Å². The number of amides is 2. The number of anilines is 1. The molecule has 146 valence electrons. The average Bonchev–Trinajstić information content (AvgIpc) is 3.31. The minimum atomic E-state index is -0.644. The Morgan fingerprint density at radius 3 is 2.68 bits per heavy atom. The van der Waals surface area contributed by atoms with Gasteiger partial charge in [0.15, 0.2) is 6.61 Å². The Hall–Kier alpha value is -3.69. The summed E-state index contributed by atoms with van der Waals surface area (Å²) in [5.74, 6) is -1.43. The van der Waals surface area contributed by atoms with Gasteiger partial charge in [0.2, 0.25) is 5.91 Å². The molecule has 2 aromatic rings. The van der Waals surface area contributed by atoms with Gasteiger partial charge in [0, 0.05) is 30.8 Å². The normalized spacial score (nSPS) is 16.1. The molecule has 0 saturated carbocycles. The van der Waals surface area contributed by atoms with Gasteiger partial charge in [-0.1, -0.05) is 0 Å². The van der Waals surface area contributed by atoms with Crippen molar-refractivity contribution in [3.63, 3.8) is 0 Å². The molecule has 1 aromatic carbocycles. The van der Waals surface area contributed by atoms with Gasteiger partial charge in [-0.2, -0.15) is 0 Å². The third-order valence-electron chi connectivity index (χ3n) is 4.18. The SMILES string of the molecule is O=C(COC(=O)[C@@H]1CC(=O)N(Cc2ccco2)C1)Nc1ccc([N+](=O)[O-])cc1. The second-order valence-corrected chi connectivity index (χ2v) is 6.21. The summed E-state index contributed by atoms with van der Waals surface area (Å²) in [5, 5.41) is 13.1. The Kier molecular flexibility index (Phi) is 5.68. The van der Waals surface area contributed by atoms with Crippen LogP contribution in [0.3, 0.4) is 0 Å². The van der Waals surface area contributed by atoms with Gasteiger partial charge >= 0.3 is 5.97 Å². The zero-order chi connectivity index (χ0) is 20.1. The minimum absolute atomic E-state index is 0.0174. The molecule has 1 N–H and O–H groups in total. The number of nitro groups is 1. The maximum Gasteiger partial charge on any atom is 0.311 e. The van der Waals surface area contributed by atoms with Gasteiger partial charge < -0.3 is 19.4 Å². The summed E-state index contributed by atoms with van der Waals surface area (Å²) >= 11 is 0. The van der Waals surface area contributed by atoms with Crippen LogP contribution in [0, 0.1) is 16.0 Å². The molecule has 1 aliphatic heterocycles. The lowest BCUT2D eigenvalue weighted by atomic mass is 10.1. The fourth-order valence-electron chi connectivity index (χ4n) is 2.79. The van der Waals surface area contributed by atoms with Gasteiger partial charge in [0.1, 0.15) is 5.76 Å². The summed E-state index contributed by atoms with van der Waals surface area (Å²) in [6.07, 6.45) is 1.52. The highest BCUT2D eigenvalue weighted by molar-refractivity contribution is 5.93. The van der Waals surface area contributed by atoms with Crippen molar-refractivity contribution >= 4 is 29.2 Å². The first kappa shape index (κ1) is 19.1. The highest BCUT2D eigenvalue weighted by Crippen LogP contribution is 2.21. The predicted molar refractivity (Wildman–Crippen MR) is 94.9 cm³/mol. The number of carbonyl (C=O) groups is 3. The molecular formula is C18H17N3O7. The van der Waals surface area contributed by atoms with Gasteiger partial charge in [-0.05, 0) is 24.3 Å². The molecule has 0 bridgehead atoms. The number of hydrogen-bond acceptors (Lipinski definition) is 7. The van der Waals surface area contributed by atoms with E-state index in [1.807, 2.05) is 0 Å². The van der Waals surface area contributed by atoms with Crippen molar-refractivity contribution in [3.8, 4) is 0 Å². The molecule has 2 amide bonds. The molecule has 1 saturated heterocycles. The fourth-order valence-corrected chi connectivity index (χ4v) is 2.79. The van der Waals surface area contributed by atoms with Crippen molar-refractivity contribution in [2.45, 2.75) is 13.0 Å². The number of ether oxygens (including phenoxy) is 1. The largest absolute Gasteiger partial charge is 0.467 e. The molecule has 1 aliphatic rings. The summed E-state index contributed by atoms with van der Waals surface area (Å²) in [4.78, 5) is 47.6. The second kappa shape index (κ2) is 8.33. The molecule has 1 atom stereocenters. The molecule has 1 fully saturated rings. The maximum atomic E-state index is 12.1. The number of non-ortho nitro benzene ring substituents is 1. The maximum absolute atomic E-state index is 12.1. The number of rotatable bonds is 7. The Balaban J connectivity index is 1.45. The number of benzene rings is 1. The molecule has 1 aromatic heterocycles. The highest BCUT2D eigenvalue weighted by atomic mass is 16.6. The standard InChI is InChI=1S/C18H17N3O7/c22-16(19-13-3-5-14(6-4-13)21(25)26)11-28-18(24)12-8-17(23)20(9-12)10-15-2-1-7-27-15/h1-7,12H,8-11H2,(H,19,22)/t12-/m1/s1. The molecule has 3 rings (SSSR count). The number of nitro benzene ring substituents is 1. The predicted octanol–water partition coefficient (Wildman–Crippen LogP) is 1.72. The van der Waals surface area contributed by atoms with Crippen LogP contribution in [0.5, 0.6) is 0 Å². The zero-order valence-electron chi connectivity index (χ0n) is 14.7. The van der Waals surface area contributed by atoms with E-state index in [1.54, 1.807) is 12.1 Å². The van der Waals surface area contributed by atoms with E-state index in [9.17, 15) is 24.5 Å². The monoisotopic (exact) mass is 387 g/mol. The van der Waals surface area contributed by atoms with Crippen molar-refractivity contribution in [2.24, 2.45) is 5.92 Å². The Morgan fingerprint density at radius 2 is 2.04 bits per heavy atom. The second-order valence-electron chi connectivity index (χ2n) is 6.21. The minimum Gasteiger partial charge on any atom is -0.467 e. The molecule has 10 heteroatoms. The van der Waals surface area contributed by atoms with Crippen molar-refractivity contribution in [1.29, 1.82) is 0 Å². The third-order valence-corrected chi connectivity index (χ3v) is 4.18. The van der Waals surface area contributed by atoms with Crippen LogP contribution in [0.4, 0.5) is 11.4 Å². The molecular weight excluding hydrogens is 370 g/mol. The van der Waals surface area contributed by atoms with Crippen molar-refractivity contribution < 1.29 is 28.5 Å². The van der Waals surface area contributed by atoms with Crippen LogP contribution in [0.2, 0.25) is 0 Å². The summed E-state index contributed by atoms with van der Waals surface area (Å²) in [6, 6.07) is 8.70. The number of carbonyl (C=O) groups excluding carboxylic acids is 3. The Morgan fingerprint density at radius 1 is 1.29 bits per heavy atom. The Bertz CT molecular complexity index is 877. The lowest BCUT2D eigenvalue weighted by Crippen LogP contribution is -2.28. The molecule has 0 aliphatic carbocycles. The number of nitrogens with one attached hydrogen (secondary N) is 1. The van der Waals surface area contributed by atoms with Gasteiger partial charge in [0.05, 0.1) is 23.6 Å². The molecule has 28 heavy (non-hydrogen) atoms. The van der Waals surface area contributed by atoms with E-state index in [2.05, 4.69) is 5.32 Å². The number of esters is 1. The van der Waals surface area contributed by atoms with E-state index in [0.717, 1.165) is 0 Å². The molecule has 0 spiro atoms. The van der Waals surface area contributed by atoms with E-state index in [4.69, 9.17) is 9.15 Å². The third kappa shape index (κ3) is 4.72. The fraction of sp³-hybridized carbons (Fsp3) is 0.278. The van der Waals surface area contributed by atoms with Crippen LogP contribution < -0.4 is 5.32 Å². The van der Waals surface area contributed by atoms with E-state index in [-0.39, 0.29) is 31.1 Å². The van der Waals surface area contributed by atoms with Crippen LogP contribution in [0.15, 0.2) is 47.1 Å². The highest BCUT2D eigenvalue weighted by Gasteiger charge is 2.35. The van der Waals surface area contributed by atoms with Crippen LogP contribution in [0.25, 0.3) is 0 Å². The van der Waals surface area contributed by atoms with Gasteiger partial charge in [-0.25, -0.2) is 0 Å². The van der Waals surface area contributed by atoms with Crippen molar-refractivity contribution in [3.05, 3.63) is 58.5 Å². The van der Waals surface area contributed by atoms with Crippen LogP contribution in [-0.2, 0) is 25.7 Å². The molecule has 10 nitrogen and oxygen atoms in total. The molecule has 2 heterocycles. The van der Waals surface area contributed by atoms with Crippen LogP contribution in [0.1, 0.15) is 12.2 Å². The molecule has 0 unspecified atom stereocenters. The first-order valence-electron chi connectivity index (χ1n) is 8.43. The lowest BCUT2D eigenvalue weighted by molar-refractivity contribution is -0.384. The van der Waals surface area contributed by atoms with Crippen molar-refractivity contribution in [2.75, 3.05) is 18.5 Å². The summed E-state index contributed by atoms with van der Waals surface area (Å²) in [7, 11) is 0. The number of hydrogen-bond donors (Lipinski definition) is 1. The quantitative estimate of drug-likeness (QED) is 0.434. The first-order valence-corrected chi connectivity index (χ1v) is 8.43. The summed E-state index contributed by atoms with van der Waals surface area (Å²) in [5.41, 5.74) is 0.238. The van der Waals surface area contributed by atoms with Crippen LogP contribution in [-0.4, -0.2) is 40.8 Å². The van der Waals surface area contributed by atoms with Gasteiger partial charge in [0.25, 0.3) is 11.6 Å². The van der Waals surface area contributed by atoms with Crippen LogP contribution >= 0.6 is 0 Å². The Labute approximate surface area is 159 Å². The summed E-state index contributed by atoms with van der Waals surface area (Å²) in [6.45, 7) is -0.0444. The van der Waals surface area contributed by atoms with E-state index in [1.165, 1.54) is 35.4 Å². The van der Waals surface area contributed by atoms with E-state index >= 15 is 0 Å².